The SMILES string of the molecule is CN(C)C(=O)CN=C(NCC1CCOC1)N1CCN(C(=O)C2CCCO2)CC1.I. The number of ether oxygens (including phenoxy) is 2. The summed E-state index contributed by atoms with van der Waals surface area (Å²) in [5, 5.41) is 3.42. The molecular formula is C19H34IN5O4. The van der Waals surface area contributed by atoms with Gasteiger partial charge in [0, 0.05) is 66.0 Å². The number of hydrogen-bond acceptors (Lipinski definition) is 5. The van der Waals surface area contributed by atoms with Crippen molar-refractivity contribution in [3.8, 4) is 0 Å². The Kier molecular flexibility index (Phi) is 9.90. The van der Waals surface area contributed by atoms with Crippen molar-refractivity contribution in [2.45, 2.75) is 25.4 Å². The lowest BCUT2D eigenvalue weighted by Gasteiger charge is -2.37. The van der Waals surface area contributed by atoms with E-state index in [1.54, 1.807) is 19.0 Å². The van der Waals surface area contributed by atoms with Crippen molar-refractivity contribution < 1.29 is 19.1 Å². The third-order valence-electron chi connectivity index (χ3n) is 5.53. The minimum absolute atomic E-state index is 0. The molecule has 3 aliphatic heterocycles. The van der Waals surface area contributed by atoms with Gasteiger partial charge in [-0.25, -0.2) is 4.99 Å². The van der Waals surface area contributed by atoms with E-state index in [1.165, 1.54) is 0 Å². The van der Waals surface area contributed by atoms with Crippen LogP contribution in [0.2, 0.25) is 0 Å². The maximum absolute atomic E-state index is 12.5. The van der Waals surface area contributed by atoms with Crippen molar-refractivity contribution in [2.75, 3.05) is 73.2 Å². The molecule has 0 saturated carbocycles. The van der Waals surface area contributed by atoms with Crippen LogP contribution in [0.4, 0.5) is 0 Å². The van der Waals surface area contributed by atoms with E-state index in [9.17, 15) is 9.59 Å². The Balaban J connectivity index is 0.00000300. The average Bonchev–Trinajstić information content (AvgIpc) is 3.41. The number of likely N-dealkylation sites (N-methyl/N-ethyl adjacent to an activating group) is 1. The Morgan fingerprint density at radius 2 is 1.83 bits per heavy atom. The summed E-state index contributed by atoms with van der Waals surface area (Å²) in [6.45, 7) is 5.84. The summed E-state index contributed by atoms with van der Waals surface area (Å²) in [7, 11) is 3.46. The molecule has 9 nitrogen and oxygen atoms in total. The lowest BCUT2D eigenvalue weighted by atomic mass is 10.1. The van der Waals surface area contributed by atoms with E-state index in [2.05, 4.69) is 15.2 Å². The Bertz CT molecular complexity index is 569. The number of rotatable bonds is 5. The van der Waals surface area contributed by atoms with E-state index >= 15 is 0 Å². The maximum Gasteiger partial charge on any atom is 0.251 e. The molecule has 2 atom stereocenters. The quantitative estimate of drug-likeness (QED) is 0.310. The van der Waals surface area contributed by atoms with Crippen molar-refractivity contribution in [3.63, 3.8) is 0 Å². The Morgan fingerprint density at radius 1 is 1.10 bits per heavy atom. The van der Waals surface area contributed by atoms with Crippen LogP contribution in [-0.2, 0) is 19.1 Å². The number of piperazine rings is 1. The van der Waals surface area contributed by atoms with Crippen LogP contribution in [0, 0.1) is 5.92 Å². The zero-order chi connectivity index (χ0) is 19.9. The van der Waals surface area contributed by atoms with Gasteiger partial charge in [-0.15, -0.1) is 24.0 Å². The molecule has 2 unspecified atom stereocenters. The second-order valence-corrected chi connectivity index (χ2v) is 7.85. The van der Waals surface area contributed by atoms with Crippen molar-refractivity contribution >= 4 is 41.8 Å². The van der Waals surface area contributed by atoms with Crippen molar-refractivity contribution in [3.05, 3.63) is 0 Å². The van der Waals surface area contributed by atoms with E-state index in [0.717, 1.165) is 45.0 Å². The van der Waals surface area contributed by atoms with E-state index in [4.69, 9.17) is 9.47 Å². The highest BCUT2D eigenvalue weighted by molar-refractivity contribution is 14.0. The normalized spacial score (nSPS) is 25.0. The van der Waals surface area contributed by atoms with Crippen LogP contribution in [0.5, 0.6) is 0 Å². The zero-order valence-electron chi connectivity index (χ0n) is 17.5. The van der Waals surface area contributed by atoms with E-state index in [1.807, 2.05) is 4.90 Å². The van der Waals surface area contributed by atoms with Gasteiger partial charge in [-0.05, 0) is 19.3 Å². The molecule has 0 aromatic heterocycles. The first kappa shape index (κ1) is 24.1. The molecule has 0 aromatic carbocycles. The first-order valence-electron chi connectivity index (χ1n) is 10.3. The van der Waals surface area contributed by atoms with Gasteiger partial charge in [0.25, 0.3) is 5.91 Å². The Morgan fingerprint density at radius 3 is 2.41 bits per heavy atom. The molecule has 1 N–H and O–H groups in total. The second kappa shape index (κ2) is 11.9. The molecule has 166 valence electrons. The van der Waals surface area contributed by atoms with Gasteiger partial charge in [-0.3, -0.25) is 9.59 Å². The molecule has 29 heavy (non-hydrogen) atoms. The Labute approximate surface area is 190 Å². The van der Waals surface area contributed by atoms with Crippen LogP contribution >= 0.6 is 24.0 Å². The summed E-state index contributed by atoms with van der Waals surface area (Å²) >= 11 is 0. The predicted octanol–water partition coefficient (Wildman–Crippen LogP) is -0.00210. The summed E-state index contributed by atoms with van der Waals surface area (Å²) < 4.78 is 11.0. The predicted molar refractivity (Wildman–Crippen MR) is 120 cm³/mol. The van der Waals surface area contributed by atoms with E-state index < -0.39 is 0 Å². The van der Waals surface area contributed by atoms with E-state index in [0.29, 0.717) is 38.7 Å². The number of nitrogens with zero attached hydrogens (tertiary/aromatic N) is 4. The number of guanidine groups is 1. The first-order valence-corrected chi connectivity index (χ1v) is 10.3. The topological polar surface area (TPSA) is 86.7 Å². The fourth-order valence-electron chi connectivity index (χ4n) is 3.65. The lowest BCUT2D eigenvalue weighted by Crippen LogP contribution is -2.55. The van der Waals surface area contributed by atoms with Gasteiger partial charge >= 0.3 is 0 Å². The van der Waals surface area contributed by atoms with Gasteiger partial charge < -0.3 is 29.5 Å². The second-order valence-electron chi connectivity index (χ2n) is 7.85. The number of amides is 2. The first-order chi connectivity index (χ1) is 13.5. The molecule has 3 saturated heterocycles. The highest BCUT2D eigenvalue weighted by Crippen LogP contribution is 2.16. The van der Waals surface area contributed by atoms with Gasteiger partial charge in [0.2, 0.25) is 5.91 Å². The minimum Gasteiger partial charge on any atom is -0.381 e. The number of nitrogens with one attached hydrogen (secondary N) is 1. The molecular weight excluding hydrogens is 489 g/mol. The fraction of sp³-hybridized carbons (Fsp3) is 0.842. The Hall–Kier alpha value is -1.14. The number of carbonyl (C=O) groups excluding carboxylic acids is 2. The van der Waals surface area contributed by atoms with Crippen LogP contribution in [0.3, 0.4) is 0 Å². The monoisotopic (exact) mass is 523 g/mol. The fourth-order valence-corrected chi connectivity index (χ4v) is 3.65. The summed E-state index contributed by atoms with van der Waals surface area (Å²) in [6, 6.07) is 0. The molecule has 0 aromatic rings. The molecule has 3 heterocycles. The van der Waals surface area contributed by atoms with Crippen LogP contribution in [0.25, 0.3) is 0 Å². The third-order valence-corrected chi connectivity index (χ3v) is 5.53. The summed E-state index contributed by atoms with van der Waals surface area (Å²) in [5.41, 5.74) is 0. The molecule has 3 fully saturated rings. The molecule has 10 heteroatoms. The van der Waals surface area contributed by atoms with E-state index in [-0.39, 0.29) is 48.4 Å². The highest BCUT2D eigenvalue weighted by atomic mass is 127. The molecule has 0 bridgehead atoms. The summed E-state index contributed by atoms with van der Waals surface area (Å²) in [6.07, 6.45) is 2.56. The van der Waals surface area contributed by atoms with Gasteiger partial charge in [-0.2, -0.15) is 0 Å². The van der Waals surface area contributed by atoms with Crippen LogP contribution in [-0.4, -0.2) is 112 Å². The smallest absolute Gasteiger partial charge is 0.251 e. The van der Waals surface area contributed by atoms with Gasteiger partial charge in [0.05, 0.1) is 6.61 Å². The largest absolute Gasteiger partial charge is 0.381 e. The third kappa shape index (κ3) is 6.95. The van der Waals surface area contributed by atoms with Crippen LogP contribution in [0.15, 0.2) is 4.99 Å². The van der Waals surface area contributed by atoms with Crippen molar-refractivity contribution in [1.29, 1.82) is 0 Å². The van der Waals surface area contributed by atoms with Crippen LogP contribution in [0.1, 0.15) is 19.3 Å². The zero-order valence-corrected chi connectivity index (χ0v) is 19.8. The van der Waals surface area contributed by atoms with Gasteiger partial charge in [0.1, 0.15) is 12.6 Å². The summed E-state index contributed by atoms with van der Waals surface area (Å²) in [5.74, 6) is 1.29. The number of aliphatic imine (C=N–C) groups is 1. The molecule has 3 aliphatic rings. The molecule has 3 rings (SSSR count). The maximum atomic E-state index is 12.5. The summed E-state index contributed by atoms with van der Waals surface area (Å²) in [4.78, 5) is 34.6. The number of carbonyl (C=O) groups is 2. The molecule has 0 aliphatic carbocycles. The van der Waals surface area contributed by atoms with Gasteiger partial charge in [0.15, 0.2) is 5.96 Å². The minimum atomic E-state index is -0.266. The highest BCUT2D eigenvalue weighted by Gasteiger charge is 2.31. The van der Waals surface area contributed by atoms with Crippen molar-refractivity contribution in [1.82, 2.24) is 20.0 Å². The lowest BCUT2D eigenvalue weighted by molar-refractivity contribution is -0.142. The average molecular weight is 523 g/mol. The molecule has 0 radical (unpaired) electrons. The molecule has 2 amide bonds. The van der Waals surface area contributed by atoms with Crippen LogP contribution < -0.4 is 5.32 Å². The number of halogens is 1. The van der Waals surface area contributed by atoms with Gasteiger partial charge in [-0.1, -0.05) is 0 Å². The van der Waals surface area contributed by atoms with Crippen molar-refractivity contribution in [2.24, 2.45) is 10.9 Å². The standard InChI is InChI=1S/C19H33N5O4.HI/c1-22(2)17(25)13-21-19(20-12-15-5-11-27-14-15)24-8-6-23(7-9-24)18(26)16-4-3-10-28-16;/h15-16H,3-14H2,1-2H3,(H,20,21);1H. The number of hydrogen-bond donors (Lipinski definition) is 1. The molecule has 0 spiro atoms.